The molecule has 0 N–H and O–H groups in total. The lowest BCUT2D eigenvalue weighted by atomic mass is 10.0. The number of esters is 1. The molecule has 1 unspecified atom stereocenters. The van der Waals surface area contributed by atoms with Gasteiger partial charge in [0, 0.05) is 12.1 Å². The van der Waals surface area contributed by atoms with E-state index in [0.29, 0.717) is 25.1 Å². The van der Waals surface area contributed by atoms with Crippen molar-refractivity contribution in [1.29, 1.82) is 0 Å². The fourth-order valence-electron chi connectivity index (χ4n) is 3.06. The molecule has 0 bridgehead atoms. The van der Waals surface area contributed by atoms with Gasteiger partial charge in [-0.2, -0.15) is 0 Å². The van der Waals surface area contributed by atoms with Crippen LogP contribution in [-0.4, -0.2) is 36.0 Å². The first-order valence-corrected chi connectivity index (χ1v) is 7.67. The Balaban J connectivity index is 1.93. The summed E-state index contributed by atoms with van der Waals surface area (Å²) >= 11 is 0. The number of amides is 1. The molecule has 1 fully saturated rings. The van der Waals surface area contributed by atoms with Crippen LogP contribution in [0.5, 0.6) is 0 Å². The van der Waals surface area contributed by atoms with Crippen molar-refractivity contribution in [1.82, 2.24) is 4.90 Å². The first-order valence-electron chi connectivity index (χ1n) is 7.67. The summed E-state index contributed by atoms with van der Waals surface area (Å²) in [5.74, 6) is -0.388. The highest BCUT2D eigenvalue weighted by Crippen LogP contribution is 2.25. The minimum Gasteiger partial charge on any atom is -0.464 e. The van der Waals surface area contributed by atoms with Crippen LogP contribution in [0.25, 0.3) is 10.8 Å². The molecule has 1 aliphatic heterocycles. The summed E-state index contributed by atoms with van der Waals surface area (Å²) in [6.45, 7) is 2.72. The van der Waals surface area contributed by atoms with Crippen LogP contribution in [0.1, 0.15) is 30.1 Å². The topological polar surface area (TPSA) is 46.6 Å². The van der Waals surface area contributed by atoms with Crippen LogP contribution in [0.2, 0.25) is 0 Å². The monoisotopic (exact) mass is 297 g/mol. The van der Waals surface area contributed by atoms with E-state index in [2.05, 4.69) is 0 Å². The first kappa shape index (κ1) is 14.6. The Morgan fingerprint density at radius 2 is 1.95 bits per heavy atom. The third-order valence-electron chi connectivity index (χ3n) is 4.09. The molecule has 0 spiro atoms. The quantitative estimate of drug-likeness (QED) is 0.818. The van der Waals surface area contributed by atoms with Crippen molar-refractivity contribution in [2.24, 2.45) is 0 Å². The fourth-order valence-corrected chi connectivity index (χ4v) is 3.06. The van der Waals surface area contributed by atoms with Crippen molar-refractivity contribution in [3.63, 3.8) is 0 Å². The lowest BCUT2D eigenvalue weighted by Crippen LogP contribution is -2.41. The molecule has 1 saturated heterocycles. The zero-order chi connectivity index (χ0) is 15.5. The van der Waals surface area contributed by atoms with Crippen LogP contribution in [-0.2, 0) is 9.53 Å². The van der Waals surface area contributed by atoms with Gasteiger partial charge in [-0.1, -0.05) is 36.4 Å². The lowest BCUT2D eigenvalue weighted by molar-refractivity contribution is -0.147. The SMILES string of the molecule is CCOC(=O)C1CCCN1C(=O)c1cccc2ccccc12. The largest absolute Gasteiger partial charge is 0.464 e. The van der Waals surface area contributed by atoms with Gasteiger partial charge in [0.1, 0.15) is 6.04 Å². The molecule has 3 rings (SSSR count). The van der Waals surface area contributed by atoms with E-state index in [9.17, 15) is 9.59 Å². The third-order valence-corrected chi connectivity index (χ3v) is 4.09. The maximum absolute atomic E-state index is 12.9. The van der Waals surface area contributed by atoms with Gasteiger partial charge in [0.05, 0.1) is 6.61 Å². The molecule has 0 aromatic heterocycles. The second kappa shape index (κ2) is 6.18. The van der Waals surface area contributed by atoms with E-state index in [1.165, 1.54) is 0 Å². The number of carbonyl (C=O) groups is 2. The molecule has 1 amide bonds. The van der Waals surface area contributed by atoms with Crippen molar-refractivity contribution in [3.8, 4) is 0 Å². The second-order valence-corrected chi connectivity index (χ2v) is 5.44. The van der Waals surface area contributed by atoms with E-state index in [1.54, 1.807) is 11.8 Å². The summed E-state index contributed by atoms with van der Waals surface area (Å²) in [7, 11) is 0. The van der Waals surface area contributed by atoms with Crippen molar-refractivity contribution < 1.29 is 14.3 Å². The molecule has 1 heterocycles. The third kappa shape index (κ3) is 2.56. The van der Waals surface area contributed by atoms with E-state index >= 15 is 0 Å². The van der Waals surface area contributed by atoms with Crippen LogP contribution in [0.4, 0.5) is 0 Å². The molecule has 4 heteroatoms. The summed E-state index contributed by atoms with van der Waals surface area (Å²) in [5, 5.41) is 1.95. The standard InChI is InChI=1S/C18H19NO3/c1-2-22-18(21)16-11-6-12-19(16)17(20)15-10-5-8-13-7-3-4-9-14(13)15/h3-5,7-10,16H,2,6,11-12H2,1H3. The molecular formula is C18H19NO3. The number of hydrogen-bond acceptors (Lipinski definition) is 3. The normalized spacial score (nSPS) is 17.7. The zero-order valence-electron chi connectivity index (χ0n) is 12.6. The van der Waals surface area contributed by atoms with Gasteiger partial charge in [0.2, 0.25) is 0 Å². The molecule has 4 nitrogen and oxygen atoms in total. The Morgan fingerprint density at radius 1 is 1.18 bits per heavy atom. The van der Waals surface area contributed by atoms with Gasteiger partial charge >= 0.3 is 5.97 Å². The smallest absolute Gasteiger partial charge is 0.328 e. The maximum Gasteiger partial charge on any atom is 0.328 e. The Morgan fingerprint density at radius 3 is 2.77 bits per heavy atom. The average Bonchev–Trinajstić information content (AvgIpc) is 3.03. The van der Waals surface area contributed by atoms with E-state index in [-0.39, 0.29) is 11.9 Å². The van der Waals surface area contributed by atoms with E-state index in [4.69, 9.17) is 4.74 Å². The number of fused-ring (bicyclic) bond motifs is 1. The van der Waals surface area contributed by atoms with Crippen LogP contribution >= 0.6 is 0 Å². The van der Waals surface area contributed by atoms with Gasteiger partial charge in [0.15, 0.2) is 0 Å². The van der Waals surface area contributed by atoms with Gasteiger partial charge in [-0.3, -0.25) is 4.79 Å². The fraction of sp³-hybridized carbons (Fsp3) is 0.333. The number of benzene rings is 2. The number of carbonyl (C=O) groups excluding carboxylic acids is 2. The van der Waals surface area contributed by atoms with Crippen LogP contribution < -0.4 is 0 Å². The molecule has 1 atom stereocenters. The molecular weight excluding hydrogens is 278 g/mol. The van der Waals surface area contributed by atoms with Crippen molar-refractivity contribution in [3.05, 3.63) is 48.0 Å². The van der Waals surface area contributed by atoms with E-state index < -0.39 is 6.04 Å². The Hall–Kier alpha value is -2.36. The summed E-state index contributed by atoms with van der Waals surface area (Å²) < 4.78 is 5.10. The van der Waals surface area contributed by atoms with Gasteiger partial charge in [-0.05, 0) is 36.6 Å². The summed E-state index contributed by atoms with van der Waals surface area (Å²) in [6, 6.07) is 13.0. The highest BCUT2D eigenvalue weighted by atomic mass is 16.5. The van der Waals surface area contributed by atoms with Crippen molar-refractivity contribution in [2.45, 2.75) is 25.8 Å². The Bertz CT molecular complexity index is 705. The average molecular weight is 297 g/mol. The number of nitrogens with zero attached hydrogens (tertiary/aromatic N) is 1. The van der Waals surface area contributed by atoms with E-state index in [1.807, 2.05) is 42.5 Å². The highest BCUT2D eigenvalue weighted by Gasteiger charge is 2.35. The molecule has 0 radical (unpaired) electrons. The summed E-state index contributed by atoms with van der Waals surface area (Å²) in [6.07, 6.45) is 1.51. The zero-order valence-corrected chi connectivity index (χ0v) is 12.6. The Kier molecular flexibility index (Phi) is 4.09. The minimum atomic E-state index is -0.452. The number of rotatable bonds is 3. The summed E-state index contributed by atoms with van der Waals surface area (Å²) in [4.78, 5) is 26.6. The molecule has 0 saturated carbocycles. The van der Waals surface area contributed by atoms with Gasteiger partial charge < -0.3 is 9.64 Å². The van der Waals surface area contributed by atoms with E-state index in [0.717, 1.165) is 17.2 Å². The van der Waals surface area contributed by atoms with Crippen LogP contribution in [0, 0.1) is 0 Å². The predicted molar refractivity (Wildman–Crippen MR) is 84.6 cm³/mol. The molecule has 0 aliphatic carbocycles. The van der Waals surface area contributed by atoms with Crippen molar-refractivity contribution >= 4 is 22.6 Å². The van der Waals surface area contributed by atoms with Gasteiger partial charge in [0.25, 0.3) is 5.91 Å². The van der Waals surface area contributed by atoms with Gasteiger partial charge in [-0.15, -0.1) is 0 Å². The molecule has 2 aromatic carbocycles. The molecule has 114 valence electrons. The Labute approximate surface area is 129 Å². The summed E-state index contributed by atoms with van der Waals surface area (Å²) in [5.41, 5.74) is 0.647. The maximum atomic E-state index is 12.9. The first-order chi connectivity index (χ1) is 10.7. The second-order valence-electron chi connectivity index (χ2n) is 5.44. The molecule has 22 heavy (non-hydrogen) atoms. The highest BCUT2D eigenvalue weighted by molar-refractivity contribution is 6.08. The molecule has 1 aliphatic rings. The van der Waals surface area contributed by atoms with Crippen molar-refractivity contribution in [2.75, 3.05) is 13.2 Å². The number of ether oxygens (including phenoxy) is 1. The number of hydrogen-bond donors (Lipinski definition) is 0. The number of likely N-dealkylation sites (tertiary alicyclic amines) is 1. The molecule has 2 aromatic rings. The van der Waals surface area contributed by atoms with Gasteiger partial charge in [-0.25, -0.2) is 4.79 Å². The van der Waals surface area contributed by atoms with Crippen LogP contribution in [0.3, 0.4) is 0 Å². The predicted octanol–water partition coefficient (Wildman–Crippen LogP) is 3.01. The minimum absolute atomic E-state index is 0.0904. The lowest BCUT2D eigenvalue weighted by Gasteiger charge is -2.23. The van der Waals surface area contributed by atoms with Crippen LogP contribution in [0.15, 0.2) is 42.5 Å².